The van der Waals surface area contributed by atoms with E-state index in [1.165, 1.54) is 21.0 Å². The highest BCUT2D eigenvalue weighted by Crippen LogP contribution is 2.32. The Bertz CT molecular complexity index is 660. The van der Waals surface area contributed by atoms with Crippen molar-refractivity contribution in [3.8, 4) is 11.5 Å². The van der Waals surface area contributed by atoms with Gasteiger partial charge in [-0.15, -0.1) is 0 Å². The van der Waals surface area contributed by atoms with Gasteiger partial charge in [-0.05, 0) is 24.6 Å². The summed E-state index contributed by atoms with van der Waals surface area (Å²) >= 11 is 0. The summed E-state index contributed by atoms with van der Waals surface area (Å²) in [4.78, 5) is 11.9. The lowest BCUT2D eigenvalue weighted by atomic mass is 10.2. The molecule has 0 unspecified atom stereocenters. The molecule has 0 saturated heterocycles. The Morgan fingerprint density at radius 3 is 2.68 bits per heavy atom. The van der Waals surface area contributed by atoms with Gasteiger partial charge in [0.25, 0.3) is 10.2 Å². The highest BCUT2D eigenvalue weighted by Gasteiger charge is 2.21. The van der Waals surface area contributed by atoms with E-state index in [0.717, 1.165) is 9.87 Å². The molecule has 0 radical (unpaired) electrons. The molecule has 0 aromatic heterocycles. The van der Waals surface area contributed by atoms with Crippen LogP contribution >= 0.6 is 0 Å². The van der Waals surface area contributed by atoms with Gasteiger partial charge >= 0.3 is 0 Å². The summed E-state index contributed by atoms with van der Waals surface area (Å²) in [6.45, 7) is 1.94. The van der Waals surface area contributed by atoms with Gasteiger partial charge in [0.2, 0.25) is 12.7 Å². The van der Waals surface area contributed by atoms with Gasteiger partial charge in [-0.25, -0.2) is 0 Å². The highest BCUT2D eigenvalue weighted by molar-refractivity contribution is 7.87. The molecule has 0 bridgehead atoms. The van der Waals surface area contributed by atoms with Crippen LogP contribution in [0.25, 0.3) is 0 Å². The Balaban J connectivity index is 1.90. The van der Waals surface area contributed by atoms with Gasteiger partial charge in [0.15, 0.2) is 11.5 Å². The zero-order valence-corrected chi connectivity index (χ0v) is 13.4. The maximum atomic E-state index is 11.9. The number of hydrogen-bond donors (Lipinski definition) is 2. The fraction of sp³-hybridized carbons (Fsp3) is 0.462. The Hall–Kier alpha value is -1.84. The first kappa shape index (κ1) is 16.5. The fourth-order valence-electron chi connectivity index (χ4n) is 1.78. The molecule has 1 atom stereocenters. The number of nitrogens with one attached hydrogen (secondary N) is 2. The molecule has 1 heterocycles. The van der Waals surface area contributed by atoms with Gasteiger partial charge in [-0.2, -0.15) is 17.4 Å². The van der Waals surface area contributed by atoms with E-state index in [4.69, 9.17) is 9.47 Å². The minimum Gasteiger partial charge on any atom is -0.454 e. The zero-order valence-electron chi connectivity index (χ0n) is 12.6. The van der Waals surface area contributed by atoms with Crippen LogP contribution < -0.4 is 19.5 Å². The minimum absolute atomic E-state index is 0.189. The van der Waals surface area contributed by atoms with Gasteiger partial charge in [0.05, 0.1) is 6.04 Å². The van der Waals surface area contributed by atoms with E-state index in [1.807, 2.05) is 6.07 Å². The van der Waals surface area contributed by atoms with Crippen LogP contribution in [0, 0.1) is 0 Å². The number of nitrogens with zero attached hydrogens (tertiary/aromatic N) is 1. The third-order valence-electron chi connectivity index (χ3n) is 3.10. The summed E-state index contributed by atoms with van der Waals surface area (Å²) in [6, 6.07) is 4.48. The second kappa shape index (κ2) is 6.51. The van der Waals surface area contributed by atoms with Crippen molar-refractivity contribution in [1.29, 1.82) is 0 Å². The van der Waals surface area contributed by atoms with Crippen LogP contribution in [0.4, 0.5) is 0 Å². The molecule has 0 fully saturated rings. The molecule has 1 aromatic carbocycles. The lowest BCUT2D eigenvalue weighted by molar-refractivity contribution is -0.122. The van der Waals surface area contributed by atoms with Crippen LogP contribution in [0.3, 0.4) is 0 Å². The van der Waals surface area contributed by atoms with E-state index in [9.17, 15) is 13.2 Å². The maximum absolute atomic E-state index is 11.9. The molecular weight excluding hydrogens is 310 g/mol. The van der Waals surface area contributed by atoms with Crippen molar-refractivity contribution in [2.75, 3.05) is 20.9 Å². The number of carbonyl (C=O) groups is 1. The molecule has 122 valence electrons. The molecule has 1 amide bonds. The Morgan fingerprint density at radius 1 is 1.32 bits per heavy atom. The SMILES string of the molecule is C[C@H](NS(=O)(=O)N(C)C)C(=O)NCc1ccc2c(c1)OCO2. The Kier molecular flexibility index (Phi) is 4.89. The topological polar surface area (TPSA) is 97.0 Å². The number of rotatable bonds is 6. The Morgan fingerprint density at radius 2 is 2.00 bits per heavy atom. The van der Waals surface area contributed by atoms with Gasteiger partial charge in [-0.3, -0.25) is 4.79 Å². The van der Waals surface area contributed by atoms with E-state index >= 15 is 0 Å². The normalized spacial score (nSPS) is 14.9. The van der Waals surface area contributed by atoms with Crippen LogP contribution in [-0.4, -0.2) is 45.6 Å². The van der Waals surface area contributed by atoms with E-state index in [0.29, 0.717) is 11.5 Å². The molecule has 22 heavy (non-hydrogen) atoms. The average molecular weight is 329 g/mol. The van der Waals surface area contributed by atoms with Crippen LogP contribution in [0.15, 0.2) is 18.2 Å². The van der Waals surface area contributed by atoms with Gasteiger partial charge in [-0.1, -0.05) is 6.07 Å². The van der Waals surface area contributed by atoms with Crippen molar-refractivity contribution in [1.82, 2.24) is 14.3 Å². The monoisotopic (exact) mass is 329 g/mol. The predicted octanol–water partition coefficient (Wildman–Crippen LogP) is -0.184. The second-order valence-corrected chi connectivity index (χ2v) is 6.95. The molecule has 2 N–H and O–H groups in total. The molecule has 1 aliphatic heterocycles. The van der Waals surface area contributed by atoms with E-state index in [1.54, 1.807) is 12.1 Å². The van der Waals surface area contributed by atoms with Crippen molar-refractivity contribution in [2.24, 2.45) is 0 Å². The van der Waals surface area contributed by atoms with Gasteiger partial charge in [0, 0.05) is 20.6 Å². The van der Waals surface area contributed by atoms with Gasteiger partial charge < -0.3 is 14.8 Å². The summed E-state index contributed by atoms with van der Waals surface area (Å²) in [5.41, 5.74) is 0.834. The van der Waals surface area contributed by atoms with Crippen molar-refractivity contribution in [2.45, 2.75) is 19.5 Å². The predicted molar refractivity (Wildman–Crippen MR) is 79.6 cm³/mol. The van der Waals surface area contributed by atoms with Crippen molar-refractivity contribution in [3.05, 3.63) is 23.8 Å². The molecule has 0 spiro atoms. The first-order valence-corrected chi connectivity index (χ1v) is 8.09. The number of benzene rings is 1. The maximum Gasteiger partial charge on any atom is 0.279 e. The summed E-state index contributed by atoms with van der Waals surface area (Å²) in [7, 11) is -0.871. The molecule has 8 nitrogen and oxygen atoms in total. The van der Waals surface area contributed by atoms with Crippen molar-refractivity contribution in [3.63, 3.8) is 0 Å². The molecule has 0 aliphatic carbocycles. The smallest absolute Gasteiger partial charge is 0.279 e. The fourth-order valence-corrected chi connectivity index (χ4v) is 2.54. The number of carbonyl (C=O) groups excluding carboxylic acids is 1. The van der Waals surface area contributed by atoms with Crippen molar-refractivity contribution >= 4 is 16.1 Å². The standard InChI is InChI=1S/C13H19N3O5S/c1-9(15-22(18,19)16(2)3)13(17)14-7-10-4-5-11-12(6-10)21-8-20-11/h4-6,9,15H,7-8H2,1-3H3,(H,14,17)/t9-/m0/s1. The van der Waals surface area contributed by atoms with Crippen LogP contribution in [0.2, 0.25) is 0 Å². The summed E-state index contributed by atoms with van der Waals surface area (Å²) in [5, 5.41) is 2.67. The molecular formula is C13H19N3O5S. The van der Waals surface area contributed by atoms with E-state index in [-0.39, 0.29) is 13.3 Å². The van der Waals surface area contributed by atoms with Crippen LogP contribution in [0.5, 0.6) is 11.5 Å². The van der Waals surface area contributed by atoms with Gasteiger partial charge in [0.1, 0.15) is 0 Å². The number of ether oxygens (including phenoxy) is 2. The highest BCUT2D eigenvalue weighted by atomic mass is 32.2. The first-order valence-electron chi connectivity index (χ1n) is 6.65. The number of fused-ring (bicyclic) bond motifs is 1. The van der Waals surface area contributed by atoms with E-state index < -0.39 is 22.2 Å². The number of amides is 1. The third-order valence-corrected chi connectivity index (χ3v) is 4.72. The lowest BCUT2D eigenvalue weighted by Gasteiger charge is -2.17. The molecule has 1 aromatic rings. The Labute approximate surface area is 129 Å². The first-order chi connectivity index (χ1) is 10.3. The molecule has 2 rings (SSSR count). The van der Waals surface area contributed by atoms with Crippen LogP contribution in [0.1, 0.15) is 12.5 Å². The molecule has 9 heteroatoms. The summed E-state index contributed by atoms with van der Waals surface area (Å²) < 4.78 is 37.0. The summed E-state index contributed by atoms with van der Waals surface area (Å²) in [5.74, 6) is 0.887. The average Bonchev–Trinajstić information content (AvgIpc) is 2.91. The van der Waals surface area contributed by atoms with Crippen molar-refractivity contribution < 1.29 is 22.7 Å². The molecule has 1 aliphatic rings. The summed E-state index contributed by atoms with van der Waals surface area (Å²) in [6.07, 6.45) is 0. The van der Waals surface area contributed by atoms with E-state index in [2.05, 4.69) is 10.0 Å². The molecule has 0 saturated carbocycles. The largest absolute Gasteiger partial charge is 0.454 e. The lowest BCUT2D eigenvalue weighted by Crippen LogP contribution is -2.48. The number of hydrogen-bond acceptors (Lipinski definition) is 5. The quantitative estimate of drug-likeness (QED) is 0.754. The third kappa shape index (κ3) is 3.87. The zero-order chi connectivity index (χ0) is 16.3. The second-order valence-electron chi connectivity index (χ2n) is 5.03. The minimum atomic E-state index is -3.65. The van der Waals surface area contributed by atoms with Crippen LogP contribution in [-0.2, 0) is 21.5 Å².